The van der Waals surface area contributed by atoms with E-state index >= 15 is 0 Å². The molecule has 0 unspecified atom stereocenters. The molecule has 0 amide bonds. The van der Waals surface area contributed by atoms with Gasteiger partial charge in [0.2, 0.25) is 5.28 Å². The van der Waals surface area contributed by atoms with Crippen molar-refractivity contribution in [2.45, 2.75) is 0 Å². The lowest BCUT2D eigenvalue weighted by Gasteiger charge is -2.08. The summed E-state index contributed by atoms with van der Waals surface area (Å²) in [4.78, 5) is 13.6. The van der Waals surface area contributed by atoms with Crippen LogP contribution in [0.5, 0.6) is 0 Å². The second kappa shape index (κ2) is 9.25. The van der Waals surface area contributed by atoms with Gasteiger partial charge in [0, 0.05) is 27.5 Å². The molecular formula is C33H20ClN3O. The zero-order valence-electron chi connectivity index (χ0n) is 20.2. The normalized spacial score (nSPS) is 11.3. The van der Waals surface area contributed by atoms with Gasteiger partial charge in [-0.1, -0.05) is 109 Å². The van der Waals surface area contributed by atoms with Gasteiger partial charge in [0.1, 0.15) is 11.2 Å². The Balaban J connectivity index is 1.28. The number of fused-ring (bicyclic) bond motifs is 3. The molecule has 0 N–H and O–H groups in total. The van der Waals surface area contributed by atoms with Gasteiger partial charge in [0.15, 0.2) is 11.6 Å². The maximum Gasteiger partial charge on any atom is 0.226 e. The number of para-hydroxylation sites is 2. The molecule has 0 saturated carbocycles. The highest BCUT2D eigenvalue weighted by Gasteiger charge is 2.14. The first kappa shape index (κ1) is 22.4. The van der Waals surface area contributed by atoms with Crippen LogP contribution in [0.2, 0.25) is 5.28 Å². The molecule has 0 fully saturated rings. The first-order valence-electron chi connectivity index (χ1n) is 12.3. The van der Waals surface area contributed by atoms with Crippen LogP contribution in [-0.4, -0.2) is 15.0 Å². The van der Waals surface area contributed by atoms with Gasteiger partial charge in [-0.05, 0) is 40.4 Å². The van der Waals surface area contributed by atoms with Crippen LogP contribution in [0.25, 0.3) is 67.0 Å². The average Bonchev–Trinajstić information content (AvgIpc) is 3.36. The van der Waals surface area contributed by atoms with E-state index in [0.29, 0.717) is 11.6 Å². The number of benzene rings is 5. The van der Waals surface area contributed by atoms with E-state index < -0.39 is 0 Å². The van der Waals surface area contributed by atoms with E-state index in [-0.39, 0.29) is 5.28 Å². The first-order valence-corrected chi connectivity index (χ1v) is 12.7. The van der Waals surface area contributed by atoms with Gasteiger partial charge >= 0.3 is 0 Å². The molecule has 7 aromatic rings. The van der Waals surface area contributed by atoms with Gasteiger partial charge in [0.05, 0.1) is 0 Å². The molecule has 0 aliphatic carbocycles. The summed E-state index contributed by atoms with van der Waals surface area (Å²) in [6, 6.07) is 40.8. The van der Waals surface area contributed by atoms with Gasteiger partial charge < -0.3 is 4.42 Å². The lowest BCUT2D eigenvalue weighted by molar-refractivity contribution is 0.670. The van der Waals surface area contributed by atoms with Gasteiger partial charge in [0.25, 0.3) is 0 Å². The lowest BCUT2D eigenvalue weighted by Crippen LogP contribution is -1.97. The van der Waals surface area contributed by atoms with Crippen LogP contribution in [0.3, 0.4) is 0 Å². The third kappa shape index (κ3) is 4.01. The summed E-state index contributed by atoms with van der Waals surface area (Å²) in [7, 11) is 0. The monoisotopic (exact) mass is 509 g/mol. The number of hydrogen-bond donors (Lipinski definition) is 0. The number of aromatic nitrogens is 3. The summed E-state index contributed by atoms with van der Waals surface area (Å²) in [5, 5.41) is 2.35. The number of rotatable bonds is 4. The molecule has 5 aromatic carbocycles. The Morgan fingerprint density at radius 1 is 0.474 bits per heavy atom. The summed E-state index contributed by atoms with van der Waals surface area (Å²) in [6.07, 6.45) is 0. The third-order valence-corrected chi connectivity index (χ3v) is 6.86. The van der Waals surface area contributed by atoms with Crippen LogP contribution in [0.15, 0.2) is 126 Å². The van der Waals surface area contributed by atoms with Crippen molar-refractivity contribution in [3.63, 3.8) is 0 Å². The number of nitrogens with zero attached hydrogens (tertiary/aromatic N) is 3. The zero-order valence-corrected chi connectivity index (χ0v) is 20.9. The van der Waals surface area contributed by atoms with Crippen molar-refractivity contribution in [2.75, 3.05) is 0 Å². The van der Waals surface area contributed by atoms with E-state index in [9.17, 15) is 0 Å². The second-order valence-electron chi connectivity index (χ2n) is 9.06. The first-order chi connectivity index (χ1) is 18.7. The Morgan fingerprint density at radius 3 is 1.92 bits per heavy atom. The predicted octanol–water partition coefficient (Wildman–Crippen LogP) is 9.09. The molecule has 2 heterocycles. The minimum Gasteiger partial charge on any atom is -0.455 e. The van der Waals surface area contributed by atoms with Crippen molar-refractivity contribution in [1.82, 2.24) is 15.0 Å². The molecule has 0 aliphatic heterocycles. The zero-order chi connectivity index (χ0) is 25.5. The molecule has 0 aliphatic rings. The Kier molecular flexibility index (Phi) is 5.46. The van der Waals surface area contributed by atoms with Gasteiger partial charge in [-0.2, -0.15) is 9.97 Å². The Morgan fingerprint density at radius 2 is 1.08 bits per heavy atom. The van der Waals surface area contributed by atoms with Crippen LogP contribution in [0, 0.1) is 0 Å². The molecule has 7 rings (SSSR count). The number of halogens is 1. The maximum absolute atomic E-state index is 6.38. The molecule has 38 heavy (non-hydrogen) atoms. The molecule has 0 radical (unpaired) electrons. The van der Waals surface area contributed by atoms with E-state index in [2.05, 4.69) is 70.6 Å². The minimum absolute atomic E-state index is 0.155. The summed E-state index contributed by atoms with van der Waals surface area (Å²) < 4.78 is 6.26. The fourth-order valence-electron chi connectivity index (χ4n) is 4.85. The van der Waals surface area contributed by atoms with Crippen LogP contribution >= 0.6 is 11.6 Å². The molecular weight excluding hydrogens is 490 g/mol. The van der Waals surface area contributed by atoms with Gasteiger partial charge in [-0.15, -0.1) is 0 Å². The summed E-state index contributed by atoms with van der Waals surface area (Å²) >= 11 is 6.38. The predicted molar refractivity (Wildman–Crippen MR) is 154 cm³/mol. The second-order valence-corrected chi connectivity index (χ2v) is 9.39. The van der Waals surface area contributed by atoms with Crippen molar-refractivity contribution in [3.8, 4) is 45.0 Å². The molecule has 180 valence electrons. The molecule has 4 nitrogen and oxygen atoms in total. The highest BCUT2D eigenvalue weighted by atomic mass is 35.5. The largest absolute Gasteiger partial charge is 0.455 e. The van der Waals surface area contributed by atoms with Crippen molar-refractivity contribution in [2.24, 2.45) is 0 Å². The maximum atomic E-state index is 6.38. The molecule has 0 atom stereocenters. The van der Waals surface area contributed by atoms with Crippen molar-refractivity contribution in [3.05, 3.63) is 127 Å². The van der Waals surface area contributed by atoms with Crippen molar-refractivity contribution < 1.29 is 4.42 Å². The topological polar surface area (TPSA) is 51.8 Å². The SMILES string of the molecule is Clc1nc(-c2ccc(-c3ccccc3)cc2)nc(-c2cccc(-c3cccc4c3oc3ccccc34)c2)n1. The van der Waals surface area contributed by atoms with Crippen LogP contribution in [0.4, 0.5) is 0 Å². The number of furan rings is 1. The van der Waals surface area contributed by atoms with E-state index in [4.69, 9.17) is 21.0 Å². The quantitative estimate of drug-likeness (QED) is 0.237. The summed E-state index contributed by atoms with van der Waals surface area (Å²) in [5.74, 6) is 1.05. The standard InChI is InChI=1S/C33H20ClN3O/c34-33-36-31(23-18-16-22(17-19-23)21-8-2-1-3-9-21)35-32(37-33)25-11-6-10-24(20-25)26-13-7-14-28-27-12-4-5-15-29(27)38-30(26)28/h1-20H. The lowest BCUT2D eigenvalue weighted by atomic mass is 10.0. The van der Waals surface area contributed by atoms with E-state index in [1.807, 2.05) is 60.7 Å². The van der Waals surface area contributed by atoms with Gasteiger partial charge in [-0.3, -0.25) is 0 Å². The summed E-state index contributed by atoms with van der Waals surface area (Å²) in [5.41, 5.74) is 7.76. The van der Waals surface area contributed by atoms with Crippen LogP contribution in [-0.2, 0) is 0 Å². The van der Waals surface area contributed by atoms with Crippen molar-refractivity contribution in [1.29, 1.82) is 0 Å². The average molecular weight is 510 g/mol. The Labute approximate surface area is 224 Å². The van der Waals surface area contributed by atoms with Crippen LogP contribution in [0.1, 0.15) is 0 Å². The molecule has 0 spiro atoms. The summed E-state index contributed by atoms with van der Waals surface area (Å²) in [6.45, 7) is 0. The van der Waals surface area contributed by atoms with Crippen molar-refractivity contribution >= 4 is 33.5 Å². The minimum atomic E-state index is 0.155. The molecule has 2 aromatic heterocycles. The third-order valence-electron chi connectivity index (χ3n) is 6.69. The number of hydrogen-bond acceptors (Lipinski definition) is 4. The molecule has 5 heteroatoms. The highest BCUT2D eigenvalue weighted by molar-refractivity contribution is 6.28. The Hall–Kier alpha value is -4.80. The fourth-order valence-corrected chi connectivity index (χ4v) is 5.01. The van der Waals surface area contributed by atoms with E-state index in [1.54, 1.807) is 0 Å². The van der Waals surface area contributed by atoms with Gasteiger partial charge in [-0.25, -0.2) is 4.98 Å². The Bertz CT molecular complexity index is 1930. The molecule has 0 saturated heterocycles. The van der Waals surface area contributed by atoms with E-state index in [1.165, 1.54) is 0 Å². The smallest absolute Gasteiger partial charge is 0.226 e. The molecule has 0 bridgehead atoms. The fraction of sp³-hybridized carbons (Fsp3) is 0. The van der Waals surface area contributed by atoms with E-state index in [0.717, 1.165) is 55.3 Å². The van der Waals surface area contributed by atoms with Crippen LogP contribution < -0.4 is 0 Å². The highest BCUT2D eigenvalue weighted by Crippen LogP contribution is 2.36.